The molecule has 0 heterocycles. The first-order valence-electron chi connectivity index (χ1n) is 11.2. The van der Waals surface area contributed by atoms with Crippen LogP contribution in [0.3, 0.4) is 0 Å². The minimum Gasteiger partial charge on any atom is -0.428 e. The van der Waals surface area contributed by atoms with Crippen LogP contribution in [0.25, 0.3) is 0 Å². The molecule has 0 saturated heterocycles. The quantitative estimate of drug-likeness (QED) is 0.294. The van der Waals surface area contributed by atoms with Gasteiger partial charge in [-0.25, -0.2) is 8.78 Å². The van der Waals surface area contributed by atoms with Gasteiger partial charge in [0.15, 0.2) is 0 Å². The van der Waals surface area contributed by atoms with Gasteiger partial charge in [-0.15, -0.1) is 0 Å². The number of nitrogens with one attached hydrogen (secondary N) is 1. The van der Waals surface area contributed by atoms with Crippen LogP contribution in [0.5, 0.6) is 5.75 Å². The van der Waals surface area contributed by atoms with Crippen molar-refractivity contribution in [2.24, 2.45) is 5.73 Å². The summed E-state index contributed by atoms with van der Waals surface area (Å²) in [6.45, 7) is 0. The van der Waals surface area contributed by atoms with Crippen LogP contribution >= 0.6 is 0 Å². The summed E-state index contributed by atoms with van der Waals surface area (Å²) in [5.74, 6) is -4.33. The summed E-state index contributed by atoms with van der Waals surface area (Å²) in [5.41, 5.74) is 3.12. The van der Waals surface area contributed by atoms with Gasteiger partial charge in [-0.2, -0.15) is 30.7 Å². The van der Waals surface area contributed by atoms with E-state index in [-0.39, 0.29) is 17.5 Å². The summed E-state index contributed by atoms with van der Waals surface area (Å²) in [5, 5.41) is 2.37. The van der Waals surface area contributed by atoms with Crippen molar-refractivity contribution in [1.82, 2.24) is 5.32 Å². The van der Waals surface area contributed by atoms with Crippen molar-refractivity contribution < 1.29 is 49.0 Å². The lowest BCUT2D eigenvalue weighted by atomic mass is 9.77. The molecule has 0 spiro atoms. The average Bonchev–Trinajstić information content (AvgIpc) is 2.83. The fourth-order valence-electron chi connectivity index (χ4n) is 3.87. The molecule has 4 nitrogen and oxygen atoms in total. The van der Waals surface area contributed by atoms with Crippen molar-refractivity contribution >= 4 is 5.91 Å². The topological polar surface area (TPSA) is 64.4 Å². The molecule has 3 aromatic carbocycles. The van der Waals surface area contributed by atoms with Gasteiger partial charge in [0, 0.05) is 12.5 Å². The van der Waals surface area contributed by atoms with E-state index in [1.54, 1.807) is 30.3 Å². The lowest BCUT2D eigenvalue weighted by Crippen LogP contribution is -2.51. The van der Waals surface area contributed by atoms with Gasteiger partial charge >= 0.3 is 18.7 Å². The Bertz CT molecular complexity index is 1270. The van der Waals surface area contributed by atoms with E-state index in [1.807, 2.05) is 0 Å². The first kappa shape index (κ1) is 29.8. The van der Waals surface area contributed by atoms with Crippen molar-refractivity contribution in [3.8, 4) is 5.75 Å². The third kappa shape index (κ3) is 7.43. The molecule has 0 aliphatic rings. The molecule has 13 heteroatoms. The van der Waals surface area contributed by atoms with Crippen LogP contribution in [-0.4, -0.2) is 30.7 Å². The van der Waals surface area contributed by atoms with Crippen LogP contribution < -0.4 is 15.8 Å². The number of benzene rings is 3. The van der Waals surface area contributed by atoms with Gasteiger partial charge in [0.05, 0.1) is 12.0 Å². The predicted octanol–water partition coefficient (Wildman–Crippen LogP) is 6.08. The number of amides is 1. The normalized spacial score (nSPS) is 14.5. The van der Waals surface area contributed by atoms with Crippen LogP contribution in [0.15, 0.2) is 72.8 Å². The van der Waals surface area contributed by atoms with E-state index in [1.165, 1.54) is 0 Å². The second kappa shape index (κ2) is 11.6. The molecule has 3 aromatic rings. The van der Waals surface area contributed by atoms with Crippen LogP contribution in [0.1, 0.15) is 23.1 Å². The highest BCUT2D eigenvalue weighted by Crippen LogP contribution is 2.38. The van der Waals surface area contributed by atoms with Crippen molar-refractivity contribution in [3.63, 3.8) is 0 Å². The predicted molar refractivity (Wildman–Crippen MR) is 122 cm³/mol. The Morgan fingerprint density at radius 3 is 2.03 bits per heavy atom. The van der Waals surface area contributed by atoms with Gasteiger partial charge in [0.1, 0.15) is 23.4 Å². The first-order chi connectivity index (χ1) is 18.1. The van der Waals surface area contributed by atoms with Crippen LogP contribution in [0.2, 0.25) is 0 Å². The fraction of sp³-hybridized carbons (Fsp3) is 0.269. The van der Waals surface area contributed by atoms with Gasteiger partial charge in [-0.05, 0) is 41.0 Å². The molecular weight excluding hydrogens is 543 g/mol. The van der Waals surface area contributed by atoms with Gasteiger partial charge in [0.25, 0.3) is 0 Å². The molecule has 0 aliphatic heterocycles. The Morgan fingerprint density at radius 2 is 1.46 bits per heavy atom. The number of carbonyl (C=O) groups excluding carboxylic acids is 1. The van der Waals surface area contributed by atoms with E-state index >= 15 is 0 Å². The van der Waals surface area contributed by atoms with Crippen LogP contribution in [0, 0.1) is 11.6 Å². The van der Waals surface area contributed by atoms with Crippen molar-refractivity contribution in [2.45, 2.75) is 43.1 Å². The number of nitrogens with two attached hydrogens (primary N) is 1. The highest BCUT2D eigenvalue weighted by Gasteiger charge is 2.45. The van der Waals surface area contributed by atoms with E-state index in [9.17, 15) is 44.3 Å². The van der Waals surface area contributed by atoms with E-state index in [2.05, 4.69) is 10.1 Å². The third-order valence-corrected chi connectivity index (χ3v) is 5.70. The largest absolute Gasteiger partial charge is 0.461 e. The smallest absolute Gasteiger partial charge is 0.428 e. The summed E-state index contributed by atoms with van der Waals surface area (Å²) >= 11 is 0. The lowest BCUT2D eigenvalue weighted by Gasteiger charge is -2.37. The van der Waals surface area contributed by atoms with Gasteiger partial charge in [-0.3, -0.25) is 4.79 Å². The molecule has 0 saturated carbocycles. The summed E-state index contributed by atoms with van der Waals surface area (Å²) in [6, 6.07) is 11.4. The molecule has 39 heavy (non-hydrogen) atoms. The second-order valence-electron chi connectivity index (χ2n) is 8.62. The number of hydrogen-bond acceptors (Lipinski definition) is 3. The average molecular weight is 564 g/mol. The minimum absolute atomic E-state index is 0.00106. The Hall–Kier alpha value is -3.74. The zero-order valence-corrected chi connectivity index (χ0v) is 19.8. The zero-order valence-electron chi connectivity index (χ0n) is 19.8. The molecule has 3 rings (SSSR count). The fourth-order valence-corrected chi connectivity index (χ4v) is 3.87. The number of ether oxygens (including phenoxy) is 1. The second-order valence-corrected chi connectivity index (χ2v) is 8.62. The maximum Gasteiger partial charge on any atom is 0.461 e. The standard InChI is InChI=1S/C26H21F9N2O2/c27-18-8-6-16(7-9-18)24(14-15-4-2-1-3-5-15,37-22(38)13-21(36)25(31,32)33)17-10-19(28)12-20(11-17)39-26(34,35)23(29)30/h1-12,21,23H,13-14,36H2,(H,37,38). The maximum atomic E-state index is 14.7. The van der Waals surface area contributed by atoms with Gasteiger partial charge in [0.2, 0.25) is 5.91 Å². The Balaban J connectivity index is 2.23. The van der Waals surface area contributed by atoms with Crippen LogP contribution in [0.4, 0.5) is 39.5 Å². The number of carbonyl (C=O) groups is 1. The molecule has 1 amide bonds. The van der Waals surface area contributed by atoms with E-state index < -0.39 is 60.0 Å². The van der Waals surface area contributed by atoms with E-state index in [4.69, 9.17) is 5.73 Å². The maximum absolute atomic E-state index is 14.7. The lowest BCUT2D eigenvalue weighted by molar-refractivity contribution is -0.253. The third-order valence-electron chi connectivity index (χ3n) is 5.70. The number of halogens is 9. The molecule has 0 fully saturated rings. The highest BCUT2D eigenvalue weighted by atomic mass is 19.4. The molecule has 0 radical (unpaired) electrons. The molecule has 210 valence electrons. The summed E-state index contributed by atoms with van der Waals surface area (Å²) < 4.78 is 125. The Kier molecular flexibility index (Phi) is 8.84. The summed E-state index contributed by atoms with van der Waals surface area (Å²) in [6.07, 6.45) is -15.8. The SMILES string of the molecule is NC(CC(=O)NC(Cc1ccccc1)(c1ccc(F)cc1)c1cc(F)cc(OC(F)(F)C(F)F)c1)C(F)(F)F. The summed E-state index contributed by atoms with van der Waals surface area (Å²) in [4.78, 5) is 12.9. The molecular formula is C26H21F9N2O2. The molecule has 0 bridgehead atoms. The first-order valence-corrected chi connectivity index (χ1v) is 11.2. The highest BCUT2D eigenvalue weighted by molar-refractivity contribution is 5.79. The number of rotatable bonds is 10. The number of hydrogen-bond donors (Lipinski definition) is 2. The van der Waals surface area contributed by atoms with Crippen molar-refractivity contribution in [1.29, 1.82) is 0 Å². The molecule has 0 aromatic heterocycles. The van der Waals surface area contributed by atoms with Gasteiger partial charge in [-0.1, -0.05) is 42.5 Å². The summed E-state index contributed by atoms with van der Waals surface area (Å²) in [7, 11) is 0. The Labute approximate surface area is 216 Å². The van der Waals surface area contributed by atoms with E-state index in [0.29, 0.717) is 11.6 Å². The van der Waals surface area contributed by atoms with Crippen molar-refractivity contribution in [3.05, 3.63) is 101 Å². The van der Waals surface area contributed by atoms with Gasteiger partial charge < -0.3 is 15.8 Å². The monoisotopic (exact) mass is 564 g/mol. The van der Waals surface area contributed by atoms with Crippen LogP contribution in [-0.2, 0) is 16.8 Å². The minimum atomic E-state index is -5.02. The van der Waals surface area contributed by atoms with Crippen molar-refractivity contribution in [2.75, 3.05) is 0 Å². The number of alkyl halides is 7. The van der Waals surface area contributed by atoms with E-state index in [0.717, 1.165) is 36.4 Å². The Morgan fingerprint density at radius 1 is 0.846 bits per heavy atom. The molecule has 2 atom stereocenters. The molecule has 3 N–H and O–H groups in total. The molecule has 2 unspecified atom stereocenters. The zero-order chi connectivity index (χ0) is 29.0. The molecule has 0 aliphatic carbocycles.